The molecule has 0 aliphatic rings. The molecule has 180 valence electrons. The van der Waals surface area contributed by atoms with Crippen molar-refractivity contribution in [1.29, 1.82) is 0 Å². The number of nitrogens with zero attached hydrogens (tertiary/aromatic N) is 3. The average molecular weight is 473 g/mol. The Bertz CT molecular complexity index is 1030. The van der Waals surface area contributed by atoms with E-state index in [1.165, 1.54) is 24.3 Å². The zero-order valence-corrected chi connectivity index (χ0v) is 17.9. The van der Waals surface area contributed by atoms with Crippen molar-refractivity contribution < 1.29 is 24.3 Å². The molecule has 0 aliphatic carbocycles. The van der Waals surface area contributed by atoms with E-state index >= 15 is 0 Å². The first-order valence-corrected chi connectivity index (χ1v) is 9.98. The predicted octanol–water partition coefficient (Wildman–Crippen LogP) is 1.70. The smallest absolute Gasteiger partial charge is 0.408 e. The third-order valence-electron chi connectivity index (χ3n) is 4.31. The van der Waals surface area contributed by atoms with Gasteiger partial charge in [-0.3, -0.25) is 14.9 Å². The number of rotatable bonds is 11. The SMILES string of the molecule is NC(=NCCC[C@H](NC(=O)OCc1ccccc1)C(=O)Nc1ccc([N+](=O)[O-])cc1)N[N+](=O)[O-]. The predicted molar refractivity (Wildman–Crippen MR) is 121 cm³/mol. The van der Waals surface area contributed by atoms with Crippen molar-refractivity contribution in [3.8, 4) is 0 Å². The molecule has 2 aromatic carbocycles. The van der Waals surface area contributed by atoms with Crippen LogP contribution in [-0.2, 0) is 16.1 Å². The van der Waals surface area contributed by atoms with E-state index in [1.807, 2.05) is 6.07 Å². The average Bonchev–Trinajstić information content (AvgIpc) is 2.80. The second kappa shape index (κ2) is 12.9. The monoisotopic (exact) mass is 473 g/mol. The van der Waals surface area contributed by atoms with Crippen LogP contribution < -0.4 is 21.8 Å². The van der Waals surface area contributed by atoms with Crippen LogP contribution in [0.25, 0.3) is 0 Å². The van der Waals surface area contributed by atoms with E-state index in [-0.39, 0.29) is 37.4 Å². The molecule has 0 radical (unpaired) electrons. The van der Waals surface area contributed by atoms with Crippen LogP contribution in [0.5, 0.6) is 0 Å². The zero-order valence-electron chi connectivity index (χ0n) is 17.9. The normalized spacial score (nSPS) is 11.7. The van der Waals surface area contributed by atoms with Crippen LogP contribution in [0.1, 0.15) is 18.4 Å². The number of hydrogen-bond acceptors (Lipinski definition) is 8. The molecule has 0 unspecified atom stereocenters. The summed E-state index contributed by atoms with van der Waals surface area (Å²) >= 11 is 0. The summed E-state index contributed by atoms with van der Waals surface area (Å²) in [7, 11) is 0. The van der Waals surface area contributed by atoms with Gasteiger partial charge in [0, 0.05) is 24.4 Å². The van der Waals surface area contributed by atoms with Gasteiger partial charge in [0.1, 0.15) is 12.6 Å². The molecule has 14 heteroatoms. The lowest BCUT2D eigenvalue weighted by molar-refractivity contribution is -0.525. The highest BCUT2D eigenvalue weighted by Crippen LogP contribution is 2.16. The molecule has 0 aliphatic heterocycles. The molecule has 0 bridgehead atoms. The summed E-state index contributed by atoms with van der Waals surface area (Å²) in [6.07, 6.45) is -0.475. The minimum atomic E-state index is -1.04. The molecule has 1 atom stereocenters. The Labute approximate surface area is 193 Å². The molecule has 2 amide bonds. The van der Waals surface area contributed by atoms with E-state index in [2.05, 4.69) is 15.6 Å². The van der Waals surface area contributed by atoms with Crippen molar-refractivity contribution >= 4 is 29.3 Å². The number of nitrogens with one attached hydrogen (secondary N) is 3. The number of guanidine groups is 1. The number of ether oxygens (including phenoxy) is 1. The van der Waals surface area contributed by atoms with Crippen LogP contribution >= 0.6 is 0 Å². The minimum absolute atomic E-state index is 0.00322. The lowest BCUT2D eigenvalue weighted by atomic mass is 10.1. The Morgan fingerprint density at radius 3 is 2.35 bits per heavy atom. The van der Waals surface area contributed by atoms with Gasteiger partial charge in [-0.1, -0.05) is 35.8 Å². The van der Waals surface area contributed by atoms with Crippen LogP contribution in [0.4, 0.5) is 16.2 Å². The van der Waals surface area contributed by atoms with Crippen LogP contribution in [0.2, 0.25) is 0 Å². The fourth-order valence-corrected chi connectivity index (χ4v) is 2.70. The van der Waals surface area contributed by atoms with Gasteiger partial charge in [-0.2, -0.15) is 0 Å². The van der Waals surface area contributed by atoms with Crippen molar-refractivity contribution in [3.63, 3.8) is 0 Å². The Morgan fingerprint density at radius 2 is 1.74 bits per heavy atom. The summed E-state index contributed by atoms with van der Waals surface area (Å²) in [5.41, 5.74) is 7.94. The number of nitrogens with two attached hydrogens (primary N) is 1. The lowest BCUT2D eigenvalue weighted by Gasteiger charge is -2.18. The molecule has 0 spiro atoms. The number of hydrogen-bond donors (Lipinski definition) is 4. The number of non-ortho nitro benzene ring substituents is 1. The van der Waals surface area contributed by atoms with Crippen LogP contribution in [-0.4, -0.2) is 40.5 Å². The van der Waals surface area contributed by atoms with Crippen molar-refractivity contribution in [2.24, 2.45) is 10.7 Å². The summed E-state index contributed by atoms with van der Waals surface area (Å²) in [5.74, 6) is -0.988. The second-order valence-corrected chi connectivity index (χ2v) is 6.83. The summed E-state index contributed by atoms with van der Waals surface area (Å²) in [5, 5.41) is 25.3. The van der Waals surface area contributed by atoms with Crippen molar-refractivity contribution in [3.05, 3.63) is 80.4 Å². The third-order valence-corrected chi connectivity index (χ3v) is 4.31. The zero-order chi connectivity index (χ0) is 24.9. The molecule has 2 aromatic rings. The van der Waals surface area contributed by atoms with E-state index in [9.17, 15) is 29.8 Å². The van der Waals surface area contributed by atoms with Crippen molar-refractivity contribution in [2.75, 3.05) is 11.9 Å². The number of amides is 2. The first kappa shape index (κ1) is 25.5. The van der Waals surface area contributed by atoms with E-state index in [0.717, 1.165) is 5.56 Å². The van der Waals surface area contributed by atoms with Gasteiger partial charge in [0.25, 0.3) is 11.6 Å². The molecule has 0 fully saturated rings. The molecule has 0 aromatic heterocycles. The molecule has 0 saturated carbocycles. The number of benzene rings is 2. The van der Waals surface area contributed by atoms with Gasteiger partial charge >= 0.3 is 6.09 Å². The molecule has 5 N–H and O–H groups in total. The summed E-state index contributed by atoms with van der Waals surface area (Å²) in [6, 6.07) is 13.1. The molecule has 0 heterocycles. The van der Waals surface area contributed by atoms with Crippen LogP contribution in [0.15, 0.2) is 59.6 Å². The number of hydrazine groups is 1. The Balaban J connectivity index is 1.99. The topological polar surface area (TPSA) is 204 Å². The molecular weight excluding hydrogens is 450 g/mol. The fraction of sp³-hybridized carbons (Fsp3) is 0.250. The summed E-state index contributed by atoms with van der Waals surface area (Å²) in [6.45, 7) is 0.0471. The van der Waals surface area contributed by atoms with Gasteiger partial charge in [-0.05, 0) is 30.5 Å². The number of aliphatic imine (C=N–C) groups is 1. The van der Waals surface area contributed by atoms with Gasteiger partial charge in [0.2, 0.25) is 5.91 Å². The van der Waals surface area contributed by atoms with E-state index in [1.54, 1.807) is 29.7 Å². The first-order chi connectivity index (χ1) is 16.2. The number of alkyl carbamates (subject to hydrolysis) is 1. The van der Waals surface area contributed by atoms with Crippen molar-refractivity contribution in [2.45, 2.75) is 25.5 Å². The maximum atomic E-state index is 12.7. The fourth-order valence-electron chi connectivity index (χ4n) is 2.70. The van der Waals surface area contributed by atoms with Crippen molar-refractivity contribution in [1.82, 2.24) is 10.7 Å². The van der Waals surface area contributed by atoms with Gasteiger partial charge < -0.3 is 21.1 Å². The van der Waals surface area contributed by atoms with E-state index in [0.29, 0.717) is 0 Å². The highest BCUT2D eigenvalue weighted by molar-refractivity contribution is 5.96. The minimum Gasteiger partial charge on any atom is -0.445 e. The second-order valence-electron chi connectivity index (χ2n) is 6.83. The number of carbonyl (C=O) groups is 2. The quantitative estimate of drug-likeness (QED) is 0.123. The Kier molecular flexibility index (Phi) is 9.72. The van der Waals surface area contributed by atoms with Crippen LogP contribution in [0, 0.1) is 20.2 Å². The van der Waals surface area contributed by atoms with Gasteiger partial charge in [-0.15, -0.1) is 0 Å². The van der Waals surface area contributed by atoms with Gasteiger partial charge in [-0.25, -0.2) is 19.9 Å². The number of nitro groups is 2. The van der Waals surface area contributed by atoms with E-state index in [4.69, 9.17) is 10.5 Å². The lowest BCUT2D eigenvalue weighted by Crippen LogP contribution is -2.44. The number of anilines is 1. The Morgan fingerprint density at radius 1 is 1.06 bits per heavy atom. The Hall–Kier alpha value is -4.75. The highest BCUT2D eigenvalue weighted by Gasteiger charge is 2.22. The molecular formula is C20H23N7O7. The highest BCUT2D eigenvalue weighted by atomic mass is 16.7. The standard InChI is InChI=1S/C20H23N7O7/c21-19(25-27(32)33)22-12-4-7-17(24-20(29)34-13-14-5-2-1-3-6-14)18(28)23-15-8-10-16(11-9-15)26(30)31/h1-3,5-6,8-11,17H,4,7,12-13H2,(H,23,28)(H,24,29)(H3,21,22,25)/t17-/m0/s1. The first-order valence-electron chi connectivity index (χ1n) is 9.98. The van der Waals surface area contributed by atoms with Gasteiger partial charge in [0.15, 0.2) is 5.03 Å². The third kappa shape index (κ3) is 9.17. The summed E-state index contributed by atoms with van der Waals surface area (Å²) in [4.78, 5) is 49.3. The largest absolute Gasteiger partial charge is 0.445 e. The van der Waals surface area contributed by atoms with Gasteiger partial charge in [0.05, 0.1) is 4.92 Å². The maximum Gasteiger partial charge on any atom is 0.408 e. The molecule has 0 saturated heterocycles. The molecule has 34 heavy (non-hydrogen) atoms. The number of carbonyl (C=O) groups excluding carboxylic acids is 2. The van der Waals surface area contributed by atoms with Crippen LogP contribution in [0.3, 0.4) is 0 Å². The number of nitro benzene ring substituents is 1. The van der Waals surface area contributed by atoms with E-state index < -0.39 is 34.0 Å². The maximum absolute atomic E-state index is 12.7. The summed E-state index contributed by atoms with van der Waals surface area (Å²) < 4.78 is 5.15. The molecule has 14 nitrogen and oxygen atoms in total. The molecule has 2 rings (SSSR count).